The van der Waals surface area contributed by atoms with Crippen LogP contribution in [0.4, 0.5) is 0 Å². The fourth-order valence-corrected chi connectivity index (χ4v) is 2.26. The van der Waals surface area contributed by atoms with Gasteiger partial charge in [-0.2, -0.15) is 5.10 Å². The van der Waals surface area contributed by atoms with Crippen molar-refractivity contribution >= 4 is 0 Å². The Hall–Kier alpha value is -1.61. The van der Waals surface area contributed by atoms with Crippen molar-refractivity contribution in [3.63, 3.8) is 0 Å². The maximum Gasteiger partial charge on any atom is 0.0693 e. The van der Waals surface area contributed by atoms with E-state index in [1.54, 1.807) is 0 Å². The van der Waals surface area contributed by atoms with Crippen LogP contribution in [0.2, 0.25) is 0 Å². The Bertz CT molecular complexity index is 489. The molecule has 2 N–H and O–H groups in total. The molecule has 0 radical (unpaired) electrons. The van der Waals surface area contributed by atoms with E-state index in [1.807, 2.05) is 29.1 Å². The first-order chi connectivity index (χ1) is 8.70. The summed E-state index contributed by atoms with van der Waals surface area (Å²) in [5, 5.41) is 4.38. The molecule has 1 aromatic carbocycles. The molecule has 0 bridgehead atoms. The van der Waals surface area contributed by atoms with Gasteiger partial charge in [-0.15, -0.1) is 0 Å². The fourth-order valence-electron chi connectivity index (χ4n) is 2.26. The second-order valence-electron chi connectivity index (χ2n) is 4.68. The zero-order chi connectivity index (χ0) is 13.0. The van der Waals surface area contributed by atoms with Crippen LogP contribution in [0.25, 0.3) is 0 Å². The molecular formula is C15H21N3. The topological polar surface area (TPSA) is 43.8 Å². The number of aryl methyl sites for hydroxylation is 1. The van der Waals surface area contributed by atoms with Crippen molar-refractivity contribution in [1.29, 1.82) is 0 Å². The predicted molar refractivity (Wildman–Crippen MR) is 74.2 cm³/mol. The van der Waals surface area contributed by atoms with Gasteiger partial charge < -0.3 is 5.73 Å². The molecular weight excluding hydrogens is 222 g/mol. The minimum Gasteiger partial charge on any atom is -0.318 e. The summed E-state index contributed by atoms with van der Waals surface area (Å²) in [5.41, 5.74) is 8.39. The molecule has 1 unspecified atom stereocenters. The number of aromatic nitrogens is 2. The molecule has 3 nitrogen and oxygen atoms in total. The minimum atomic E-state index is -0.437. The lowest BCUT2D eigenvalue weighted by Gasteiger charge is -2.27. The van der Waals surface area contributed by atoms with E-state index in [4.69, 9.17) is 5.73 Å². The van der Waals surface area contributed by atoms with Crippen molar-refractivity contribution in [1.82, 2.24) is 9.78 Å². The summed E-state index contributed by atoms with van der Waals surface area (Å²) in [7, 11) is 0. The van der Waals surface area contributed by atoms with Crippen LogP contribution in [0.3, 0.4) is 0 Å². The van der Waals surface area contributed by atoms with Gasteiger partial charge in [0.1, 0.15) is 0 Å². The highest BCUT2D eigenvalue weighted by atomic mass is 15.3. The Kier molecular flexibility index (Phi) is 3.82. The van der Waals surface area contributed by atoms with Gasteiger partial charge in [0.15, 0.2) is 0 Å². The summed E-state index contributed by atoms with van der Waals surface area (Å²) in [6.07, 6.45) is 5.90. The molecule has 0 aliphatic rings. The number of rotatable bonds is 5. The lowest BCUT2D eigenvalue weighted by atomic mass is 9.83. The maximum atomic E-state index is 6.60. The molecule has 0 spiro atoms. The van der Waals surface area contributed by atoms with Crippen molar-refractivity contribution < 1.29 is 0 Å². The van der Waals surface area contributed by atoms with E-state index >= 15 is 0 Å². The highest BCUT2D eigenvalue weighted by Crippen LogP contribution is 2.29. The first kappa shape index (κ1) is 12.8. The molecule has 96 valence electrons. The van der Waals surface area contributed by atoms with Crippen molar-refractivity contribution in [2.24, 2.45) is 5.73 Å². The maximum absolute atomic E-state index is 6.60. The van der Waals surface area contributed by atoms with Gasteiger partial charge in [0.2, 0.25) is 0 Å². The summed E-state index contributed by atoms with van der Waals surface area (Å²) < 4.78 is 1.97. The van der Waals surface area contributed by atoms with Crippen LogP contribution in [0, 0.1) is 0 Å². The van der Waals surface area contributed by atoms with Crippen LogP contribution in [-0.4, -0.2) is 9.78 Å². The smallest absolute Gasteiger partial charge is 0.0693 e. The molecule has 2 rings (SSSR count). The number of nitrogens with two attached hydrogens (primary N) is 1. The van der Waals surface area contributed by atoms with Crippen LogP contribution in [-0.2, 0) is 12.1 Å². The third-order valence-corrected chi connectivity index (χ3v) is 3.45. The molecule has 3 heteroatoms. The average Bonchev–Trinajstić information content (AvgIpc) is 2.88. The summed E-state index contributed by atoms with van der Waals surface area (Å²) in [5.74, 6) is 0. The number of benzene rings is 1. The molecule has 1 atom stereocenters. The molecule has 0 saturated carbocycles. The van der Waals surface area contributed by atoms with Gasteiger partial charge in [0.25, 0.3) is 0 Å². The van der Waals surface area contributed by atoms with Gasteiger partial charge in [0.05, 0.1) is 11.7 Å². The van der Waals surface area contributed by atoms with Crippen molar-refractivity contribution in [2.45, 2.75) is 38.8 Å². The van der Waals surface area contributed by atoms with Crippen LogP contribution >= 0.6 is 0 Å². The van der Waals surface area contributed by atoms with Crippen molar-refractivity contribution in [3.05, 3.63) is 53.9 Å². The lowest BCUT2D eigenvalue weighted by Crippen LogP contribution is -2.36. The number of nitrogens with zero attached hydrogens (tertiary/aromatic N) is 2. The summed E-state index contributed by atoms with van der Waals surface area (Å²) in [6, 6.07) is 10.2. The van der Waals surface area contributed by atoms with E-state index < -0.39 is 5.54 Å². The molecule has 0 amide bonds. The molecule has 0 fully saturated rings. The standard InChI is InChI=1S/C15H21N3/c1-3-10-18-12-14(11-17-18)15(16,4-2)13-8-6-5-7-9-13/h5-9,11-12H,3-4,10,16H2,1-2H3. The quantitative estimate of drug-likeness (QED) is 0.877. The van der Waals surface area contributed by atoms with Crippen LogP contribution < -0.4 is 5.73 Å². The van der Waals surface area contributed by atoms with E-state index in [-0.39, 0.29) is 0 Å². The summed E-state index contributed by atoms with van der Waals surface area (Å²) >= 11 is 0. The zero-order valence-corrected chi connectivity index (χ0v) is 11.1. The molecule has 0 aliphatic heterocycles. The van der Waals surface area contributed by atoms with Crippen LogP contribution in [0.1, 0.15) is 37.8 Å². The molecule has 1 heterocycles. The van der Waals surface area contributed by atoms with Gasteiger partial charge in [-0.3, -0.25) is 4.68 Å². The van der Waals surface area contributed by atoms with Crippen LogP contribution in [0.5, 0.6) is 0 Å². The molecule has 0 saturated heterocycles. The molecule has 0 aliphatic carbocycles. The van der Waals surface area contributed by atoms with E-state index in [0.29, 0.717) is 0 Å². The fraction of sp³-hybridized carbons (Fsp3) is 0.400. The second kappa shape index (κ2) is 5.36. The highest BCUT2D eigenvalue weighted by molar-refractivity contribution is 5.35. The number of hydrogen-bond donors (Lipinski definition) is 1. The highest BCUT2D eigenvalue weighted by Gasteiger charge is 2.28. The van der Waals surface area contributed by atoms with Crippen LogP contribution in [0.15, 0.2) is 42.7 Å². The van der Waals surface area contributed by atoms with Gasteiger partial charge in [-0.05, 0) is 18.4 Å². The monoisotopic (exact) mass is 243 g/mol. The van der Waals surface area contributed by atoms with Gasteiger partial charge in [0, 0.05) is 18.3 Å². The van der Waals surface area contributed by atoms with E-state index in [0.717, 1.165) is 30.5 Å². The Morgan fingerprint density at radius 1 is 1.17 bits per heavy atom. The van der Waals surface area contributed by atoms with Crippen molar-refractivity contribution in [3.8, 4) is 0 Å². The Labute approximate surface area is 109 Å². The molecule has 18 heavy (non-hydrogen) atoms. The molecule has 2 aromatic rings. The largest absolute Gasteiger partial charge is 0.318 e. The summed E-state index contributed by atoms with van der Waals surface area (Å²) in [4.78, 5) is 0. The third-order valence-electron chi connectivity index (χ3n) is 3.45. The Balaban J connectivity index is 2.37. The van der Waals surface area contributed by atoms with E-state index in [1.165, 1.54) is 0 Å². The zero-order valence-electron chi connectivity index (χ0n) is 11.1. The SMILES string of the molecule is CCCn1cc(C(N)(CC)c2ccccc2)cn1. The first-order valence-electron chi connectivity index (χ1n) is 6.58. The lowest BCUT2D eigenvalue weighted by molar-refractivity contribution is 0.516. The third kappa shape index (κ3) is 2.31. The first-order valence-corrected chi connectivity index (χ1v) is 6.58. The number of hydrogen-bond acceptors (Lipinski definition) is 2. The predicted octanol–water partition coefficient (Wildman–Crippen LogP) is 2.91. The summed E-state index contributed by atoms with van der Waals surface area (Å²) in [6.45, 7) is 5.20. The van der Waals surface area contributed by atoms with Gasteiger partial charge in [-0.1, -0.05) is 44.2 Å². The molecule has 1 aromatic heterocycles. The normalized spacial score (nSPS) is 14.4. The van der Waals surface area contributed by atoms with E-state index in [2.05, 4.69) is 37.3 Å². The van der Waals surface area contributed by atoms with Crippen molar-refractivity contribution in [2.75, 3.05) is 0 Å². The van der Waals surface area contributed by atoms with Gasteiger partial charge in [-0.25, -0.2) is 0 Å². The van der Waals surface area contributed by atoms with Gasteiger partial charge >= 0.3 is 0 Å². The Morgan fingerprint density at radius 2 is 1.89 bits per heavy atom. The minimum absolute atomic E-state index is 0.437. The average molecular weight is 243 g/mol. The second-order valence-corrected chi connectivity index (χ2v) is 4.68. The van der Waals surface area contributed by atoms with E-state index in [9.17, 15) is 0 Å². The Morgan fingerprint density at radius 3 is 2.50 bits per heavy atom.